The Labute approximate surface area is 107 Å². The molecule has 4 nitrogen and oxygen atoms in total. The molecule has 0 aliphatic rings. The summed E-state index contributed by atoms with van der Waals surface area (Å²) < 4.78 is 2.12. The van der Waals surface area contributed by atoms with Crippen LogP contribution >= 0.6 is 0 Å². The first-order chi connectivity index (χ1) is 8.81. The molecule has 0 saturated heterocycles. The SMILES string of the molecule is C#CCCCCn1cncc1-c1ccnc(N)c1. The molecule has 0 aromatic carbocycles. The van der Waals surface area contributed by atoms with Crippen LogP contribution in [0.2, 0.25) is 0 Å². The predicted octanol–water partition coefficient (Wildman–Crippen LogP) is 2.33. The number of nitrogens with zero attached hydrogens (tertiary/aromatic N) is 3. The topological polar surface area (TPSA) is 56.7 Å². The summed E-state index contributed by atoms with van der Waals surface area (Å²) in [6.45, 7) is 0.916. The van der Waals surface area contributed by atoms with Gasteiger partial charge in [0.05, 0.1) is 18.2 Å². The fraction of sp³-hybridized carbons (Fsp3) is 0.286. The lowest BCUT2D eigenvalue weighted by molar-refractivity contribution is 0.621. The van der Waals surface area contributed by atoms with Crippen molar-refractivity contribution in [2.75, 3.05) is 5.73 Å². The Hall–Kier alpha value is -2.28. The molecule has 4 heteroatoms. The van der Waals surface area contributed by atoms with Gasteiger partial charge in [-0.3, -0.25) is 0 Å². The molecule has 2 aromatic heterocycles. The molecule has 0 aliphatic heterocycles. The van der Waals surface area contributed by atoms with Gasteiger partial charge in [0, 0.05) is 24.7 Å². The summed E-state index contributed by atoms with van der Waals surface area (Å²) in [5.41, 5.74) is 7.79. The van der Waals surface area contributed by atoms with Gasteiger partial charge in [-0.25, -0.2) is 9.97 Å². The Morgan fingerprint density at radius 2 is 2.28 bits per heavy atom. The van der Waals surface area contributed by atoms with Gasteiger partial charge in [0.25, 0.3) is 0 Å². The molecule has 92 valence electrons. The maximum absolute atomic E-state index is 5.69. The molecule has 2 aromatic rings. The lowest BCUT2D eigenvalue weighted by Crippen LogP contribution is -1.99. The van der Waals surface area contributed by atoms with Crippen molar-refractivity contribution in [2.45, 2.75) is 25.8 Å². The van der Waals surface area contributed by atoms with Gasteiger partial charge in [0.15, 0.2) is 0 Å². The van der Waals surface area contributed by atoms with Crippen LogP contribution in [0.3, 0.4) is 0 Å². The fourth-order valence-electron chi connectivity index (χ4n) is 1.86. The molecule has 0 aliphatic carbocycles. The molecule has 2 heterocycles. The molecule has 0 amide bonds. The third kappa shape index (κ3) is 2.89. The normalized spacial score (nSPS) is 10.2. The molecule has 2 N–H and O–H groups in total. The van der Waals surface area contributed by atoms with E-state index in [1.807, 2.05) is 24.7 Å². The maximum Gasteiger partial charge on any atom is 0.123 e. The van der Waals surface area contributed by atoms with Crippen molar-refractivity contribution in [3.8, 4) is 23.6 Å². The van der Waals surface area contributed by atoms with E-state index in [0.717, 1.165) is 37.1 Å². The Bertz CT molecular complexity index is 551. The summed E-state index contributed by atoms with van der Waals surface area (Å²) in [6, 6.07) is 3.79. The number of hydrogen-bond acceptors (Lipinski definition) is 3. The molecule has 0 spiro atoms. The van der Waals surface area contributed by atoms with Crippen LogP contribution in [0.25, 0.3) is 11.3 Å². The van der Waals surface area contributed by atoms with E-state index in [1.54, 1.807) is 6.20 Å². The number of unbranched alkanes of at least 4 members (excludes halogenated alkanes) is 2. The van der Waals surface area contributed by atoms with Crippen molar-refractivity contribution in [1.29, 1.82) is 0 Å². The molecule has 0 radical (unpaired) electrons. The zero-order valence-corrected chi connectivity index (χ0v) is 10.2. The summed E-state index contributed by atoms with van der Waals surface area (Å²) in [5, 5.41) is 0. The number of anilines is 1. The van der Waals surface area contributed by atoms with Crippen LogP contribution in [0, 0.1) is 12.3 Å². The molecule has 0 saturated carbocycles. The van der Waals surface area contributed by atoms with Crippen LogP contribution in [0.15, 0.2) is 30.9 Å². The smallest absolute Gasteiger partial charge is 0.123 e. The highest BCUT2D eigenvalue weighted by Gasteiger charge is 2.05. The first kappa shape index (κ1) is 12.2. The van der Waals surface area contributed by atoms with Crippen molar-refractivity contribution in [2.24, 2.45) is 0 Å². The molecule has 2 rings (SSSR count). The van der Waals surface area contributed by atoms with Crippen LogP contribution in [-0.2, 0) is 6.54 Å². The largest absolute Gasteiger partial charge is 0.384 e. The Kier molecular flexibility index (Phi) is 3.98. The number of hydrogen-bond donors (Lipinski definition) is 1. The van der Waals surface area contributed by atoms with E-state index in [9.17, 15) is 0 Å². The van der Waals surface area contributed by atoms with Gasteiger partial charge in [-0.1, -0.05) is 0 Å². The minimum atomic E-state index is 0.521. The van der Waals surface area contributed by atoms with Gasteiger partial charge < -0.3 is 10.3 Å². The molecule has 0 bridgehead atoms. The summed E-state index contributed by atoms with van der Waals surface area (Å²) >= 11 is 0. The highest BCUT2D eigenvalue weighted by atomic mass is 15.0. The van der Waals surface area contributed by atoms with Crippen molar-refractivity contribution < 1.29 is 0 Å². The Morgan fingerprint density at radius 3 is 3.06 bits per heavy atom. The summed E-state index contributed by atoms with van der Waals surface area (Å²) in [7, 11) is 0. The van der Waals surface area contributed by atoms with E-state index in [1.165, 1.54) is 0 Å². The second-order valence-electron chi connectivity index (χ2n) is 4.10. The molecule has 0 unspecified atom stereocenters. The fourth-order valence-corrected chi connectivity index (χ4v) is 1.86. The predicted molar refractivity (Wildman–Crippen MR) is 72.6 cm³/mol. The second kappa shape index (κ2) is 5.87. The lowest BCUT2D eigenvalue weighted by atomic mass is 10.2. The maximum atomic E-state index is 5.69. The third-order valence-corrected chi connectivity index (χ3v) is 2.76. The lowest BCUT2D eigenvalue weighted by Gasteiger charge is -2.07. The number of imidazole rings is 1. The van der Waals surface area contributed by atoms with Crippen molar-refractivity contribution in [3.63, 3.8) is 0 Å². The third-order valence-electron chi connectivity index (χ3n) is 2.76. The van der Waals surface area contributed by atoms with Crippen molar-refractivity contribution in [3.05, 3.63) is 30.9 Å². The first-order valence-corrected chi connectivity index (χ1v) is 5.97. The number of aromatic nitrogens is 3. The van der Waals surface area contributed by atoms with Crippen LogP contribution in [0.1, 0.15) is 19.3 Å². The zero-order valence-electron chi connectivity index (χ0n) is 10.2. The number of nitrogen functional groups attached to an aromatic ring is 1. The van der Waals surface area contributed by atoms with E-state index in [2.05, 4.69) is 20.5 Å². The van der Waals surface area contributed by atoms with Gasteiger partial charge in [-0.05, 0) is 25.0 Å². The zero-order chi connectivity index (χ0) is 12.8. The van der Waals surface area contributed by atoms with Gasteiger partial charge in [0.1, 0.15) is 5.82 Å². The van der Waals surface area contributed by atoms with Gasteiger partial charge in [-0.2, -0.15) is 0 Å². The molecular formula is C14H16N4. The highest BCUT2D eigenvalue weighted by Crippen LogP contribution is 2.20. The average molecular weight is 240 g/mol. The first-order valence-electron chi connectivity index (χ1n) is 5.97. The van der Waals surface area contributed by atoms with Crippen molar-refractivity contribution in [1.82, 2.24) is 14.5 Å². The average Bonchev–Trinajstić information content (AvgIpc) is 2.83. The highest BCUT2D eigenvalue weighted by molar-refractivity contribution is 5.61. The van der Waals surface area contributed by atoms with Crippen LogP contribution in [-0.4, -0.2) is 14.5 Å². The minimum Gasteiger partial charge on any atom is -0.384 e. The van der Waals surface area contributed by atoms with Crippen molar-refractivity contribution >= 4 is 5.82 Å². The molecule has 0 fully saturated rings. The molecule has 0 atom stereocenters. The van der Waals surface area contributed by atoms with E-state index in [4.69, 9.17) is 12.2 Å². The van der Waals surface area contributed by atoms with Gasteiger partial charge >= 0.3 is 0 Å². The number of terminal acetylenes is 1. The van der Waals surface area contributed by atoms with Crippen LogP contribution in [0.4, 0.5) is 5.82 Å². The molecule has 18 heavy (non-hydrogen) atoms. The van der Waals surface area contributed by atoms with E-state index >= 15 is 0 Å². The standard InChI is InChI=1S/C14H16N4/c1-2-3-4-5-8-18-11-16-10-13(18)12-6-7-17-14(15)9-12/h1,6-7,9-11H,3-5,8H2,(H2,15,17). The quantitative estimate of drug-likeness (QED) is 0.644. The summed E-state index contributed by atoms with van der Waals surface area (Å²) in [4.78, 5) is 8.18. The number of rotatable bonds is 5. The van der Waals surface area contributed by atoms with E-state index in [0.29, 0.717) is 5.82 Å². The van der Waals surface area contributed by atoms with E-state index < -0.39 is 0 Å². The summed E-state index contributed by atoms with van der Waals surface area (Å²) in [5.74, 6) is 3.17. The number of pyridine rings is 1. The number of nitrogens with two attached hydrogens (primary N) is 1. The minimum absolute atomic E-state index is 0.521. The molecular weight excluding hydrogens is 224 g/mol. The van der Waals surface area contributed by atoms with E-state index in [-0.39, 0.29) is 0 Å². The Morgan fingerprint density at radius 1 is 1.39 bits per heavy atom. The van der Waals surface area contributed by atoms with Crippen LogP contribution < -0.4 is 5.73 Å². The second-order valence-corrected chi connectivity index (χ2v) is 4.10. The van der Waals surface area contributed by atoms with Gasteiger partial charge in [-0.15, -0.1) is 12.3 Å². The monoisotopic (exact) mass is 240 g/mol. The van der Waals surface area contributed by atoms with Gasteiger partial charge in [0.2, 0.25) is 0 Å². The number of aryl methyl sites for hydroxylation is 1. The summed E-state index contributed by atoms with van der Waals surface area (Å²) in [6.07, 6.45) is 13.5. The Balaban J connectivity index is 2.10. The van der Waals surface area contributed by atoms with Crippen LogP contribution in [0.5, 0.6) is 0 Å².